The number of imidazole rings is 1. The van der Waals surface area contributed by atoms with Gasteiger partial charge in [0.25, 0.3) is 0 Å². The van der Waals surface area contributed by atoms with Gasteiger partial charge in [-0.25, -0.2) is 4.98 Å². The summed E-state index contributed by atoms with van der Waals surface area (Å²) in [6.45, 7) is 3.90. The second kappa shape index (κ2) is 5.19. The third-order valence-corrected chi connectivity index (χ3v) is 3.10. The molecule has 0 aliphatic rings. The molecule has 0 spiro atoms. The Hall–Kier alpha value is -1.59. The smallest absolute Gasteiger partial charge is 0.306 e. The first-order valence-electron chi connectivity index (χ1n) is 5.97. The van der Waals surface area contributed by atoms with E-state index in [4.69, 9.17) is 16.7 Å². The number of benzene rings is 1. The molecular formula is C13H15ClN2O3. The van der Waals surface area contributed by atoms with Crippen LogP contribution in [0.4, 0.5) is 0 Å². The number of carboxylic acid groups (broad SMARTS) is 1. The van der Waals surface area contributed by atoms with Gasteiger partial charge in [0.15, 0.2) is 0 Å². The van der Waals surface area contributed by atoms with Crippen molar-refractivity contribution in [1.82, 2.24) is 9.55 Å². The van der Waals surface area contributed by atoms with Gasteiger partial charge in [-0.2, -0.15) is 0 Å². The highest BCUT2D eigenvalue weighted by molar-refractivity contribution is 6.31. The monoisotopic (exact) mass is 282 g/mol. The average Bonchev–Trinajstić information content (AvgIpc) is 2.66. The molecule has 6 heteroatoms. The van der Waals surface area contributed by atoms with Crippen molar-refractivity contribution in [3.8, 4) is 0 Å². The fourth-order valence-corrected chi connectivity index (χ4v) is 2.29. The maximum atomic E-state index is 10.7. The zero-order chi connectivity index (χ0) is 14.2. The number of hydrogen-bond donors (Lipinski definition) is 2. The first-order chi connectivity index (χ1) is 8.90. The maximum Gasteiger partial charge on any atom is 0.306 e. The third kappa shape index (κ3) is 2.72. The largest absolute Gasteiger partial charge is 0.481 e. The quantitative estimate of drug-likeness (QED) is 0.904. The molecule has 1 atom stereocenters. The van der Waals surface area contributed by atoms with Crippen LogP contribution in [0.15, 0.2) is 18.2 Å². The van der Waals surface area contributed by atoms with Crippen LogP contribution in [0.2, 0.25) is 5.02 Å². The van der Waals surface area contributed by atoms with Gasteiger partial charge >= 0.3 is 5.97 Å². The van der Waals surface area contributed by atoms with Crippen LogP contribution < -0.4 is 0 Å². The summed E-state index contributed by atoms with van der Waals surface area (Å²) in [4.78, 5) is 15.0. The number of carbonyl (C=O) groups is 1. The number of aliphatic hydroxyl groups is 1. The van der Waals surface area contributed by atoms with Crippen LogP contribution in [0.25, 0.3) is 11.0 Å². The molecule has 0 saturated carbocycles. The number of aliphatic hydroxyl groups excluding tert-OH is 1. The van der Waals surface area contributed by atoms with E-state index in [0.29, 0.717) is 16.4 Å². The molecule has 0 fully saturated rings. The predicted octanol–water partition coefficient (Wildman–Crippen LogP) is 2.78. The third-order valence-electron chi connectivity index (χ3n) is 2.86. The second-order valence-electron chi connectivity index (χ2n) is 4.68. The van der Waals surface area contributed by atoms with E-state index in [1.54, 1.807) is 12.1 Å². The Morgan fingerprint density at radius 2 is 2.16 bits per heavy atom. The van der Waals surface area contributed by atoms with Crippen molar-refractivity contribution in [2.75, 3.05) is 0 Å². The lowest BCUT2D eigenvalue weighted by Gasteiger charge is -2.15. The minimum atomic E-state index is -1.13. The van der Waals surface area contributed by atoms with E-state index in [9.17, 15) is 9.90 Å². The van der Waals surface area contributed by atoms with Crippen LogP contribution in [-0.2, 0) is 4.79 Å². The second-order valence-corrected chi connectivity index (χ2v) is 5.12. The van der Waals surface area contributed by atoms with Gasteiger partial charge in [-0.3, -0.25) is 4.79 Å². The van der Waals surface area contributed by atoms with E-state index in [-0.39, 0.29) is 12.5 Å². The lowest BCUT2D eigenvalue weighted by atomic mass is 10.2. The predicted molar refractivity (Wildman–Crippen MR) is 72.3 cm³/mol. The fourth-order valence-electron chi connectivity index (χ4n) is 2.12. The highest BCUT2D eigenvalue weighted by Gasteiger charge is 2.22. The summed E-state index contributed by atoms with van der Waals surface area (Å²) < 4.78 is 1.83. The molecule has 2 rings (SSSR count). The summed E-state index contributed by atoms with van der Waals surface area (Å²) >= 11 is 5.92. The number of nitrogens with zero attached hydrogens (tertiary/aromatic N) is 2. The van der Waals surface area contributed by atoms with Gasteiger partial charge in [0, 0.05) is 11.1 Å². The fraction of sp³-hybridized carbons (Fsp3) is 0.385. The van der Waals surface area contributed by atoms with Crippen molar-refractivity contribution in [2.45, 2.75) is 32.4 Å². The van der Waals surface area contributed by atoms with Crippen molar-refractivity contribution >= 4 is 28.6 Å². The zero-order valence-electron chi connectivity index (χ0n) is 10.7. The topological polar surface area (TPSA) is 75.4 Å². The van der Waals surface area contributed by atoms with E-state index in [1.807, 2.05) is 24.5 Å². The SMILES string of the molecule is CC(C)n1c([C@H](O)CC(=O)O)nc2cc(Cl)ccc21. The van der Waals surface area contributed by atoms with Gasteiger partial charge in [-0.05, 0) is 32.0 Å². The Labute approximate surface area is 115 Å². The van der Waals surface area contributed by atoms with Gasteiger partial charge in [-0.1, -0.05) is 11.6 Å². The highest BCUT2D eigenvalue weighted by Crippen LogP contribution is 2.28. The molecule has 0 bridgehead atoms. The summed E-state index contributed by atoms with van der Waals surface area (Å²) in [6.07, 6.45) is -1.50. The van der Waals surface area contributed by atoms with E-state index >= 15 is 0 Å². The van der Waals surface area contributed by atoms with E-state index in [0.717, 1.165) is 5.52 Å². The number of rotatable bonds is 4. The summed E-state index contributed by atoms with van der Waals surface area (Å²) in [7, 11) is 0. The molecule has 2 aromatic rings. The standard InChI is InChI=1S/C13H15ClN2O3/c1-7(2)16-10-4-3-8(14)5-9(10)15-13(16)11(17)6-12(18)19/h3-5,7,11,17H,6H2,1-2H3,(H,18,19)/t11-/m1/s1. The minimum absolute atomic E-state index is 0.0598. The number of halogens is 1. The van der Waals surface area contributed by atoms with Crippen LogP contribution in [0, 0.1) is 0 Å². The molecule has 0 saturated heterocycles. The van der Waals surface area contributed by atoms with E-state index in [2.05, 4.69) is 4.98 Å². The van der Waals surface area contributed by atoms with E-state index in [1.165, 1.54) is 0 Å². The molecule has 0 radical (unpaired) electrons. The highest BCUT2D eigenvalue weighted by atomic mass is 35.5. The number of fused-ring (bicyclic) bond motifs is 1. The van der Waals surface area contributed by atoms with Crippen LogP contribution >= 0.6 is 11.6 Å². The molecule has 2 N–H and O–H groups in total. The molecule has 1 heterocycles. The first kappa shape index (κ1) is 13.8. The lowest BCUT2D eigenvalue weighted by Crippen LogP contribution is -2.13. The molecule has 102 valence electrons. The molecule has 0 amide bonds. The Kier molecular flexibility index (Phi) is 3.78. The van der Waals surface area contributed by atoms with Crippen LogP contribution in [0.3, 0.4) is 0 Å². The number of hydrogen-bond acceptors (Lipinski definition) is 3. The first-order valence-corrected chi connectivity index (χ1v) is 6.35. The molecule has 19 heavy (non-hydrogen) atoms. The van der Waals surface area contributed by atoms with Gasteiger partial charge in [-0.15, -0.1) is 0 Å². The lowest BCUT2D eigenvalue weighted by molar-refractivity contribution is -0.139. The summed E-state index contributed by atoms with van der Waals surface area (Å²) in [6, 6.07) is 5.33. The van der Waals surface area contributed by atoms with Gasteiger partial charge in [0.1, 0.15) is 11.9 Å². The Balaban J connectivity index is 2.59. The Morgan fingerprint density at radius 3 is 2.74 bits per heavy atom. The van der Waals surface area contributed by atoms with Crippen LogP contribution in [-0.4, -0.2) is 25.7 Å². The van der Waals surface area contributed by atoms with Crippen molar-refractivity contribution in [3.05, 3.63) is 29.0 Å². The van der Waals surface area contributed by atoms with Crippen LogP contribution in [0.1, 0.15) is 38.2 Å². The Morgan fingerprint density at radius 1 is 1.47 bits per heavy atom. The molecule has 1 aromatic carbocycles. The van der Waals surface area contributed by atoms with Gasteiger partial charge < -0.3 is 14.8 Å². The van der Waals surface area contributed by atoms with Gasteiger partial charge in [0.05, 0.1) is 17.5 Å². The normalized spacial score (nSPS) is 13.1. The summed E-state index contributed by atoms with van der Waals surface area (Å²) in [5, 5.41) is 19.3. The summed E-state index contributed by atoms with van der Waals surface area (Å²) in [5.41, 5.74) is 1.49. The minimum Gasteiger partial charge on any atom is -0.481 e. The molecule has 0 aliphatic carbocycles. The zero-order valence-corrected chi connectivity index (χ0v) is 11.4. The van der Waals surface area contributed by atoms with Crippen molar-refractivity contribution in [2.24, 2.45) is 0 Å². The molecular weight excluding hydrogens is 268 g/mol. The van der Waals surface area contributed by atoms with Gasteiger partial charge in [0.2, 0.25) is 0 Å². The average molecular weight is 283 g/mol. The van der Waals surface area contributed by atoms with Crippen molar-refractivity contribution in [3.63, 3.8) is 0 Å². The Bertz CT molecular complexity index is 622. The molecule has 5 nitrogen and oxygen atoms in total. The summed E-state index contributed by atoms with van der Waals surface area (Å²) in [5.74, 6) is -0.706. The molecule has 1 aromatic heterocycles. The maximum absolute atomic E-state index is 10.7. The number of aliphatic carboxylic acids is 1. The van der Waals surface area contributed by atoms with Crippen LogP contribution in [0.5, 0.6) is 0 Å². The number of carboxylic acids is 1. The molecule has 0 aliphatic heterocycles. The van der Waals surface area contributed by atoms with Crippen molar-refractivity contribution in [1.29, 1.82) is 0 Å². The molecule has 0 unspecified atom stereocenters. The van der Waals surface area contributed by atoms with Crippen molar-refractivity contribution < 1.29 is 15.0 Å². The number of aromatic nitrogens is 2. The van der Waals surface area contributed by atoms with E-state index < -0.39 is 12.1 Å².